The topological polar surface area (TPSA) is 87.2 Å². The molecule has 4 heterocycles. The van der Waals surface area contributed by atoms with E-state index in [1.54, 1.807) is 36.2 Å². The molecule has 2 saturated heterocycles. The number of hydrogen-bond acceptors (Lipinski definition) is 8. The number of anilines is 1. The molecule has 2 amide bonds. The molecule has 10 heteroatoms. The van der Waals surface area contributed by atoms with Crippen LogP contribution in [0.4, 0.5) is 15.1 Å². The maximum absolute atomic E-state index is 14.3. The molecule has 182 valence electrons. The summed E-state index contributed by atoms with van der Waals surface area (Å²) in [7, 11) is 0. The number of amides is 2. The number of carbonyl (C=O) groups excluding carboxylic acids is 2. The fourth-order valence-corrected chi connectivity index (χ4v) is 6.02. The Morgan fingerprint density at radius 1 is 1.23 bits per heavy atom. The molecule has 2 fully saturated rings. The zero-order valence-electron chi connectivity index (χ0n) is 19.1. The Morgan fingerprint density at radius 3 is 2.83 bits per heavy atom. The van der Waals surface area contributed by atoms with Crippen molar-refractivity contribution in [3.8, 4) is 0 Å². The van der Waals surface area contributed by atoms with Crippen molar-refractivity contribution in [3.63, 3.8) is 0 Å². The average molecular weight is 512 g/mol. The number of allylic oxidation sites excluding steroid dienone is 1. The van der Waals surface area contributed by atoms with Crippen LogP contribution in [-0.2, 0) is 11.3 Å². The molecule has 2 N–H and O–H groups in total. The highest BCUT2D eigenvalue weighted by molar-refractivity contribution is 8.18. The lowest BCUT2D eigenvalue weighted by molar-refractivity contribution is -0.115. The number of halogens is 1. The van der Waals surface area contributed by atoms with Gasteiger partial charge in [0, 0.05) is 43.1 Å². The first kappa shape index (κ1) is 24.0. The molecule has 7 nitrogen and oxygen atoms in total. The Hall–Kier alpha value is -2.69. The molecule has 0 spiro atoms. The summed E-state index contributed by atoms with van der Waals surface area (Å²) in [4.78, 5) is 34.6. The van der Waals surface area contributed by atoms with Crippen molar-refractivity contribution in [1.82, 2.24) is 20.6 Å². The largest absolute Gasteiger partial charge is 0.341 e. The van der Waals surface area contributed by atoms with Crippen LogP contribution in [0.5, 0.6) is 0 Å². The number of rotatable bonds is 7. The molecule has 0 aliphatic carbocycles. The highest BCUT2D eigenvalue weighted by Crippen LogP contribution is 2.30. The summed E-state index contributed by atoms with van der Waals surface area (Å²) in [6.07, 6.45) is 7.44. The van der Waals surface area contributed by atoms with Gasteiger partial charge in [-0.2, -0.15) is 0 Å². The highest BCUT2D eigenvalue weighted by Gasteiger charge is 2.26. The highest BCUT2D eigenvalue weighted by atomic mass is 32.2. The van der Waals surface area contributed by atoms with Crippen molar-refractivity contribution in [1.29, 1.82) is 0 Å². The number of nitrogens with zero attached hydrogens (tertiary/aromatic N) is 3. The number of piperidine rings is 1. The lowest BCUT2D eigenvalue weighted by Crippen LogP contribution is -2.38. The predicted octanol–water partition coefficient (Wildman–Crippen LogP) is 4.29. The average Bonchev–Trinajstić information content (AvgIpc) is 3.51. The van der Waals surface area contributed by atoms with Crippen LogP contribution in [0, 0.1) is 11.7 Å². The van der Waals surface area contributed by atoms with Gasteiger partial charge < -0.3 is 10.2 Å². The summed E-state index contributed by atoms with van der Waals surface area (Å²) < 4.78 is 14.3. The van der Waals surface area contributed by atoms with Gasteiger partial charge in [-0.1, -0.05) is 18.2 Å². The fourth-order valence-electron chi connectivity index (χ4n) is 4.43. The smallest absolute Gasteiger partial charge is 0.290 e. The van der Waals surface area contributed by atoms with E-state index in [-0.39, 0.29) is 11.1 Å². The maximum atomic E-state index is 14.3. The van der Waals surface area contributed by atoms with Gasteiger partial charge in [-0.25, -0.2) is 14.4 Å². The van der Waals surface area contributed by atoms with Crippen LogP contribution in [0.2, 0.25) is 0 Å². The normalized spacial score (nSPS) is 21.8. The van der Waals surface area contributed by atoms with Gasteiger partial charge in [0.1, 0.15) is 5.82 Å². The molecular formula is C25H26FN5O2S2. The van der Waals surface area contributed by atoms with Gasteiger partial charge in [0.15, 0.2) is 0 Å². The van der Waals surface area contributed by atoms with Gasteiger partial charge in [0.05, 0.1) is 10.6 Å². The Morgan fingerprint density at radius 2 is 2.09 bits per heavy atom. The van der Waals surface area contributed by atoms with Crippen molar-refractivity contribution < 1.29 is 14.0 Å². The molecule has 3 aliphatic rings. The van der Waals surface area contributed by atoms with Crippen molar-refractivity contribution in [2.45, 2.75) is 25.3 Å². The predicted molar refractivity (Wildman–Crippen MR) is 139 cm³/mol. The molecule has 2 aromatic rings. The zero-order chi connectivity index (χ0) is 24.2. The first-order chi connectivity index (χ1) is 17.0. The Kier molecular flexibility index (Phi) is 7.50. The molecule has 0 saturated carbocycles. The van der Waals surface area contributed by atoms with Crippen LogP contribution in [0.3, 0.4) is 0 Å². The van der Waals surface area contributed by atoms with Gasteiger partial charge >= 0.3 is 0 Å². The lowest BCUT2D eigenvalue weighted by Gasteiger charge is -2.32. The van der Waals surface area contributed by atoms with Gasteiger partial charge in [-0.05, 0) is 66.2 Å². The zero-order valence-corrected chi connectivity index (χ0v) is 20.7. The van der Waals surface area contributed by atoms with E-state index in [1.165, 1.54) is 5.56 Å². The van der Waals surface area contributed by atoms with Crippen LogP contribution >= 0.6 is 23.5 Å². The van der Waals surface area contributed by atoms with Crippen molar-refractivity contribution in [3.05, 3.63) is 69.5 Å². The molecule has 1 atom stereocenters. The summed E-state index contributed by atoms with van der Waals surface area (Å²) in [5.74, 6) is 1.97. The number of hydrogen-bond donors (Lipinski definition) is 2. The molecule has 0 bridgehead atoms. The summed E-state index contributed by atoms with van der Waals surface area (Å²) >= 11 is 2.67. The number of thioether (sulfide) groups is 2. The van der Waals surface area contributed by atoms with Crippen LogP contribution in [0.1, 0.15) is 35.6 Å². The SMILES string of the molecule is O=C1NC(=O)/C(=C/c2ccnc(N3CCC(CNCc4cc(C5C=CSC5)ccc4F)CC3)n2)S1. The van der Waals surface area contributed by atoms with Gasteiger partial charge in [0.25, 0.3) is 11.1 Å². The summed E-state index contributed by atoms with van der Waals surface area (Å²) in [6, 6.07) is 7.19. The summed E-state index contributed by atoms with van der Waals surface area (Å²) in [5, 5.41) is 7.45. The molecule has 5 rings (SSSR count). The van der Waals surface area contributed by atoms with E-state index in [2.05, 4.69) is 37.0 Å². The Balaban J connectivity index is 1.12. The Bertz CT molecular complexity index is 1180. The van der Waals surface area contributed by atoms with Crippen LogP contribution < -0.4 is 15.5 Å². The van der Waals surface area contributed by atoms with Crippen molar-refractivity contribution in [2.75, 3.05) is 30.3 Å². The second-order valence-electron chi connectivity index (χ2n) is 8.81. The quantitative estimate of drug-likeness (QED) is 0.533. The molecule has 1 aromatic heterocycles. The monoisotopic (exact) mass is 511 g/mol. The third-order valence-electron chi connectivity index (χ3n) is 6.41. The number of aromatic nitrogens is 2. The van der Waals surface area contributed by atoms with E-state index in [1.807, 2.05) is 12.1 Å². The third kappa shape index (κ3) is 5.94. The molecule has 3 aliphatic heterocycles. The van der Waals surface area contributed by atoms with Crippen molar-refractivity contribution in [2.24, 2.45) is 5.92 Å². The van der Waals surface area contributed by atoms with E-state index in [0.29, 0.717) is 34.9 Å². The molecule has 1 unspecified atom stereocenters. The maximum Gasteiger partial charge on any atom is 0.290 e. The summed E-state index contributed by atoms with van der Waals surface area (Å²) in [6.45, 7) is 3.02. The standard InChI is InChI=1S/C25H26FN5O2S2/c26-21-2-1-17(18-6-10-34-15-18)11-19(21)14-27-13-16-4-8-31(9-5-16)24-28-7-3-20(29-24)12-22-23(32)30-25(33)35-22/h1-3,6-7,10-12,16,18,27H,4-5,8-9,13-15H2,(H,30,32,33)/b22-12-. The number of nitrogens with one attached hydrogen (secondary N) is 2. The lowest BCUT2D eigenvalue weighted by atomic mass is 9.96. The molecular weight excluding hydrogens is 485 g/mol. The first-order valence-electron chi connectivity index (χ1n) is 11.7. The van der Waals surface area contributed by atoms with Crippen LogP contribution in [0.25, 0.3) is 6.08 Å². The second-order valence-corrected chi connectivity index (χ2v) is 10.8. The van der Waals surface area contributed by atoms with Crippen molar-refractivity contribution >= 4 is 46.7 Å². The van der Waals surface area contributed by atoms with Crippen LogP contribution in [-0.4, -0.2) is 46.5 Å². The fraction of sp³-hybridized carbons (Fsp3) is 0.360. The summed E-state index contributed by atoms with van der Waals surface area (Å²) in [5.41, 5.74) is 2.50. The molecule has 0 radical (unpaired) electrons. The van der Waals surface area contributed by atoms with Crippen LogP contribution in [0.15, 0.2) is 46.9 Å². The first-order valence-corrected chi connectivity index (χ1v) is 13.5. The van der Waals surface area contributed by atoms with E-state index < -0.39 is 5.91 Å². The number of benzene rings is 1. The molecule has 1 aromatic carbocycles. The van der Waals surface area contributed by atoms with Gasteiger partial charge in [-0.3, -0.25) is 14.9 Å². The third-order valence-corrected chi connectivity index (χ3v) is 8.12. The van der Waals surface area contributed by atoms with E-state index in [4.69, 9.17) is 0 Å². The number of carbonyl (C=O) groups is 2. The Labute approximate surface area is 212 Å². The minimum absolute atomic E-state index is 0.157. The molecule has 35 heavy (non-hydrogen) atoms. The minimum Gasteiger partial charge on any atom is -0.341 e. The second kappa shape index (κ2) is 10.9. The van der Waals surface area contributed by atoms with Gasteiger partial charge in [0.2, 0.25) is 5.95 Å². The van der Waals surface area contributed by atoms with Gasteiger partial charge in [-0.15, -0.1) is 11.8 Å². The minimum atomic E-state index is -0.394. The van der Waals surface area contributed by atoms with E-state index >= 15 is 0 Å². The van der Waals surface area contributed by atoms with E-state index in [9.17, 15) is 14.0 Å². The number of imide groups is 1. The van der Waals surface area contributed by atoms with E-state index in [0.717, 1.165) is 55.6 Å².